The van der Waals surface area contributed by atoms with Crippen molar-refractivity contribution in [3.05, 3.63) is 71.8 Å². The Labute approximate surface area is 187 Å². The van der Waals surface area contributed by atoms with E-state index in [0.29, 0.717) is 30.6 Å². The van der Waals surface area contributed by atoms with Gasteiger partial charge < -0.3 is 15.7 Å². The van der Waals surface area contributed by atoms with E-state index < -0.39 is 10.8 Å². The van der Waals surface area contributed by atoms with Gasteiger partial charge >= 0.3 is 0 Å². The lowest BCUT2D eigenvalue weighted by atomic mass is 10.0. The molecule has 0 aromatic heterocycles. The molecule has 0 spiro atoms. The number of nitrogens with zero attached hydrogens (tertiary/aromatic N) is 1. The maximum absolute atomic E-state index is 12.2. The molecule has 28 heavy (non-hydrogen) atoms. The Morgan fingerprint density at radius 2 is 1.71 bits per heavy atom. The molecule has 0 heterocycles. The molecule has 0 aliphatic heterocycles. The first-order chi connectivity index (χ1) is 13.2. The van der Waals surface area contributed by atoms with Crippen LogP contribution in [0.1, 0.15) is 24.0 Å². The van der Waals surface area contributed by atoms with Gasteiger partial charge in [0.2, 0.25) is 0 Å². The molecule has 154 valence electrons. The summed E-state index contributed by atoms with van der Waals surface area (Å²) >= 11 is 0. The SMILES string of the molecule is CCNC(=NCC(CO)c1ccccc1)NCCS(=O)Cc1ccccc1.I. The van der Waals surface area contributed by atoms with Crippen LogP contribution in [0.2, 0.25) is 0 Å². The van der Waals surface area contributed by atoms with Gasteiger partial charge in [0.1, 0.15) is 0 Å². The number of aliphatic hydroxyl groups is 1. The second-order valence-electron chi connectivity index (χ2n) is 6.21. The maximum atomic E-state index is 12.2. The van der Waals surface area contributed by atoms with Gasteiger partial charge in [0.25, 0.3) is 0 Å². The van der Waals surface area contributed by atoms with Gasteiger partial charge in [-0.15, -0.1) is 24.0 Å². The number of benzene rings is 2. The largest absolute Gasteiger partial charge is 0.396 e. The molecule has 0 aliphatic rings. The van der Waals surface area contributed by atoms with E-state index >= 15 is 0 Å². The molecule has 3 N–H and O–H groups in total. The molecule has 2 aromatic rings. The van der Waals surface area contributed by atoms with Gasteiger partial charge in [-0.25, -0.2) is 0 Å². The number of hydrogen-bond acceptors (Lipinski definition) is 3. The van der Waals surface area contributed by atoms with Crippen LogP contribution in [0.15, 0.2) is 65.7 Å². The minimum absolute atomic E-state index is 0. The normalized spacial score (nSPS) is 13.3. The van der Waals surface area contributed by atoms with E-state index in [-0.39, 0.29) is 36.5 Å². The zero-order valence-corrected chi connectivity index (χ0v) is 19.4. The van der Waals surface area contributed by atoms with Crippen LogP contribution in [0.4, 0.5) is 0 Å². The highest BCUT2D eigenvalue weighted by Gasteiger charge is 2.10. The van der Waals surface area contributed by atoms with Crippen molar-refractivity contribution < 1.29 is 9.32 Å². The van der Waals surface area contributed by atoms with Crippen LogP contribution in [-0.2, 0) is 16.6 Å². The van der Waals surface area contributed by atoms with Crippen molar-refractivity contribution in [2.45, 2.75) is 18.6 Å². The van der Waals surface area contributed by atoms with E-state index in [1.165, 1.54) is 0 Å². The number of halogens is 1. The van der Waals surface area contributed by atoms with Crippen LogP contribution in [0, 0.1) is 0 Å². The third-order valence-electron chi connectivity index (χ3n) is 4.10. The van der Waals surface area contributed by atoms with E-state index in [1.807, 2.05) is 67.6 Å². The van der Waals surface area contributed by atoms with Crippen LogP contribution in [-0.4, -0.2) is 47.3 Å². The van der Waals surface area contributed by atoms with E-state index in [2.05, 4.69) is 15.6 Å². The van der Waals surface area contributed by atoms with E-state index in [4.69, 9.17) is 0 Å². The molecular formula is C21H30IN3O2S. The number of nitrogens with one attached hydrogen (secondary N) is 2. The summed E-state index contributed by atoms with van der Waals surface area (Å²) in [6.07, 6.45) is 0. The van der Waals surface area contributed by atoms with Crippen molar-refractivity contribution in [3.8, 4) is 0 Å². The average molecular weight is 515 g/mol. The number of aliphatic hydroxyl groups excluding tert-OH is 1. The Hall–Kier alpha value is -1.45. The van der Waals surface area contributed by atoms with Gasteiger partial charge in [-0.1, -0.05) is 60.7 Å². The predicted molar refractivity (Wildman–Crippen MR) is 129 cm³/mol. The smallest absolute Gasteiger partial charge is 0.191 e. The quantitative estimate of drug-likeness (QED) is 0.259. The lowest BCUT2D eigenvalue weighted by Crippen LogP contribution is -2.39. The predicted octanol–water partition coefficient (Wildman–Crippen LogP) is 2.88. The van der Waals surface area contributed by atoms with Crippen molar-refractivity contribution in [1.29, 1.82) is 0 Å². The fraction of sp³-hybridized carbons (Fsp3) is 0.381. The first-order valence-electron chi connectivity index (χ1n) is 9.29. The average Bonchev–Trinajstić information content (AvgIpc) is 2.70. The van der Waals surface area contributed by atoms with Crippen molar-refractivity contribution in [3.63, 3.8) is 0 Å². The topological polar surface area (TPSA) is 73.7 Å². The third-order valence-corrected chi connectivity index (χ3v) is 5.41. The summed E-state index contributed by atoms with van der Waals surface area (Å²) < 4.78 is 12.2. The maximum Gasteiger partial charge on any atom is 0.191 e. The standard InChI is InChI=1S/C21H29N3O2S.HI/c1-2-22-21(24-15-20(16-25)19-11-7-4-8-12-19)23-13-14-27(26)17-18-9-5-3-6-10-18;/h3-12,20,25H,2,13-17H2,1H3,(H2,22,23,24);1H. The highest BCUT2D eigenvalue weighted by molar-refractivity contribution is 14.0. The summed E-state index contributed by atoms with van der Waals surface area (Å²) in [7, 11) is -0.921. The molecule has 0 amide bonds. The van der Waals surface area contributed by atoms with Crippen LogP contribution in [0.25, 0.3) is 0 Å². The fourth-order valence-corrected chi connectivity index (χ4v) is 3.69. The summed E-state index contributed by atoms with van der Waals surface area (Å²) in [5.41, 5.74) is 2.16. The number of guanidine groups is 1. The van der Waals surface area contributed by atoms with Gasteiger partial charge in [0.05, 0.1) is 13.2 Å². The molecule has 5 nitrogen and oxygen atoms in total. The molecular weight excluding hydrogens is 485 g/mol. The summed E-state index contributed by atoms with van der Waals surface area (Å²) in [6.45, 7) is 3.87. The first kappa shape index (κ1) is 24.6. The molecule has 0 saturated carbocycles. The lowest BCUT2D eigenvalue weighted by Gasteiger charge is -2.15. The molecule has 2 atom stereocenters. The Kier molecular flexibility index (Phi) is 12.8. The monoisotopic (exact) mass is 515 g/mol. The third kappa shape index (κ3) is 9.16. The Bertz CT molecular complexity index is 714. The van der Waals surface area contributed by atoms with Crippen LogP contribution in [0.3, 0.4) is 0 Å². The summed E-state index contributed by atoms with van der Waals surface area (Å²) in [6, 6.07) is 19.8. The minimum Gasteiger partial charge on any atom is -0.396 e. The minimum atomic E-state index is -0.921. The molecule has 0 aliphatic carbocycles. The highest BCUT2D eigenvalue weighted by atomic mass is 127. The van der Waals surface area contributed by atoms with Crippen LogP contribution in [0.5, 0.6) is 0 Å². The molecule has 0 bridgehead atoms. The molecule has 7 heteroatoms. The fourth-order valence-electron chi connectivity index (χ4n) is 2.65. The van der Waals surface area contributed by atoms with Gasteiger partial charge in [-0.2, -0.15) is 0 Å². The molecule has 2 unspecified atom stereocenters. The van der Waals surface area contributed by atoms with Crippen molar-refractivity contribution in [2.75, 3.05) is 32.0 Å². The Morgan fingerprint density at radius 3 is 2.32 bits per heavy atom. The van der Waals surface area contributed by atoms with Gasteiger partial charge in [-0.05, 0) is 18.1 Å². The van der Waals surface area contributed by atoms with Gasteiger partial charge in [0.15, 0.2) is 5.96 Å². The van der Waals surface area contributed by atoms with Gasteiger partial charge in [0, 0.05) is 41.3 Å². The second-order valence-corrected chi connectivity index (χ2v) is 7.79. The lowest BCUT2D eigenvalue weighted by molar-refractivity contribution is 0.268. The summed E-state index contributed by atoms with van der Waals surface area (Å²) in [4.78, 5) is 4.58. The first-order valence-corrected chi connectivity index (χ1v) is 10.8. The summed E-state index contributed by atoms with van der Waals surface area (Å²) in [5.74, 6) is 1.77. The van der Waals surface area contributed by atoms with Crippen LogP contribution < -0.4 is 10.6 Å². The molecule has 2 rings (SSSR count). The number of aliphatic imine (C=N–C) groups is 1. The zero-order valence-electron chi connectivity index (χ0n) is 16.2. The van der Waals surface area contributed by atoms with Gasteiger partial charge in [-0.3, -0.25) is 9.20 Å². The molecule has 0 saturated heterocycles. The Balaban J connectivity index is 0.00000392. The second kappa shape index (κ2) is 14.5. The van der Waals surface area contributed by atoms with Crippen molar-refractivity contribution in [2.24, 2.45) is 4.99 Å². The van der Waals surface area contributed by atoms with E-state index in [1.54, 1.807) is 0 Å². The summed E-state index contributed by atoms with van der Waals surface area (Å²) in [5, 5.41) is 16.1. The Morgan fingerprint density at radius 1 is 1.07 bits per heavy atom. The zero-order chi connectivity index (χ0) is 19.3. The van der Waals surface area contributed by atoms with Crippen molar-refractivity contribution >= 4 is 40.7 Å². The van der Waals surface area contributed by atoms with Crippen molar-refractivity contribution in [1.82, 2.24) is 10.6 Å². The number of hydrogen-bond donors (Lipinski definition) is 3. The molecule has 0 radical (unpaired) electrons. The molecule has 2 aromatic carbocycles. The highest BCUT2D eigenvalue weighted by Crippen LogP contribution is 2.14. The van der Waals surface area contributed by atoms with E-state index in [9.17, 15) is 9.32 Å². The van der Waals surface area contributed by atoms with Crippen LogP contribution >= 0.6 is 24.0 Å². The number of rotatable bonds is 10. The van der Waals surface area contributed by atoms with E-state index in [0.717, 1.165) is 17.7 Å². The molecule has 0 fully saturated rings.